The monoisotopic (exact) mass is 319 g/mol. The quantitative estimate of drug-likeness (QED) is 0.851. The maximum atomic E-state index is 11.1. The molecular formula is C14H14BrN3O. The molecule has 4 nitrogen and oxygen atoms in total. The SMILES string of the molecule is Cc1cc(C(N)=O)ccc1NCc1cccc(Br)n1. The fourth-order valence-electron chi connectivity index (χ4n) is 1.75. The minimum atomic E-state index is -0.414. The van der Waals surface area contributed by atoms with E-state index in [0.717, 1.165) is 21.5 Å². The van der Waals surface area contributed by atoms with Crippen molar-refractivity contribution < 1.29 is 4.79 Å². The van der Waals surface area contributed by atoms with E-state index in [2.05, 4.69) is 26.2 Å². The number of anilines is 1. The second-order valence-corrected chi connectivity index (χ2v) is 5.01. The Morgan fingerprint density at radius 1 is 1.37 bits per heavy atom. The third-order valence-electron chi connectivity index (χ3n) is 2.74. The number of amides is 1. The Morgan fingerprint density at radius 2 is 2.16 bits per heavy atom. The molecule has 0 radical (unpaired) electrons. The van der Waals surface area contributed by atoms with Crippen molar-refractivity contribution in [2.24, 2.45) is 5.73 Å². The number of nitrogens with zero attached hydrogens (tertiary/aromatic N) is 1. The predicted molar refractivity (Wildman–Crippen MR) is 79.0 cm³/mol. The molecule has 0 aliphatic rings. The number of rotatable bonds is 4. The Kier molecular flexibility index (Phi) is 4.16. The van der Waals surface area contributed by atoms with E-state index in [1.807, 2.05) is 31.2 Å². The Balaban J connectivity index is 2.10. The summed E-state index contributed by atoms with van der Waals surface area (Å²) < 4.78 is 0.813. The zero-order valence-corrected chi connectivity index (χ0v) is 12.1. The molecule has 1 aromatic carbocycles. The number of halogens is 1. The molecule has 0 fully saturated rings. The molecule has 5 heteroatoms. The van der Waals surface area contributed by atoms with Crippen LogP contribution in [-0.2, 0) is 6.54 Å². The van der Waals surface area contributed by atoms with Crippen LogP contribution < -0.4 is 11.1 Å². The Labute approximate surface area is 120 Å². The molecule has 1 heterocycles. The van der Waals surface area contributed by atoms with Gasteiger partial charge in [-0.1, -0.05) is 6.07 Å². The van der Waals surface area contributed by atoms with E-state index in [4.69, 9.17) is 5.73 Å². The normalized spacial score (nSPS) is 10.2. The summed E-state index contributed by atoms with van der Waals surface area (Å²) in [6.07, 6.45) is 0. The van der Waals surface area contributed by atoms with Crippen molar-refractivity contribution in [1.82, 2.24) is 4.98 Å². The number of hydrogen-bond acceptors (Lipinski definition) is 3. The molecule has 0 atom stereocenters. The molecule has 2 aromatic rings. The number of nitrogens with two attached hydrogens (primary N) is 1. The van der Waals surface area contributed by atoms with Gasteiger partial charge in [0.15, 0.2) is 0 Å². The highest BCUT2D eigenvalue weighted by atomic mass is 79.9. The maximum absolute atomic E-state index is 11.1. The van der Waals surface area contributed by atoms with E-state index in [-0.39, 0.29) is 0 Å². The van der Waals surface area contributed by atoms with Gasteiger partial charge >= 0.3 is 0 Å². The number of pyridine rings is 1. The lowest BCUT2D eigenvalue weighted by Gasteiger charge is -2.10. The van der Waals surface area contributed by atoms with Gasteiger partial charge in [-0.05, 0) is 58.7 Å². The predicted octanol–water partition coefficient (Wildman–Crippen LogP) is 2.86. The van der Waals surface area contributed by atoms with Crippen LogP contribution in [0.4, 0.5) is 5.69 Å². The molecule has 2 rings (SSSR count). The first kappa shape index (κ1) is 13.5. The Hall–Kier alpha value is -1.88. The van der Waals surface area contributed by atoms with Gasteiger partial charge in [-0.2, -0.15) is 0 Å². The minimum absolute atomic E-state index is 0.414. The van der Waals surface area contributed by atoms with Gasteiger partial charge in [0.05, 0.1) is 12.2 Å². The second-order valence-electron chi connectivity index (χ2n) is 4.20. The largest absolute Gasteiger partial charge is 0.379 e. The highest BCUT2D eigenvalue weighted by Gasteiger charge is 2.04. The number of aryl methyl sites for hydroxylation is 1. The lowest BCUT2D eigenvalue weighted by atomic mass is 10.1. The van der Waals surface area contributed by atoms with Gasteiger partial charge in [0.2, 0.25) is 5.91 Å². The third-order valence-corrected chi connectivity index (χ3v) is 3.19. The fraction of sp³-hybridized carbons (Fsp3) is 0.143. The zero-order chi connectivity index (χ0) is 13.8. The molecule has 0 saturated heterocycles. The van der Waals surface area contributed by atoms with E-state index < -0.39 is 5.91 Å². The summed E-state index contributed by atoms with van der Waals surface area (Å²) in [7, 11) is 0. The summed E-state index contributed by atoms with van der Waals surface area (Å²) >= 11 is 3.34. The van der Waals surface area contributed by atoms with Gasteiger partial charge < -0.3 is 11.1 Å². The van der Waals surface area contributed by atoms with Gasteiger partial charge in [-0.25, -0.2) is 4.98 Å². The number of primary amides is 1. The fourth-order valence-corrected chi connectivity index (χ4v) is 2.13. The first-order chi connectivity index (χ1) is 9.06. The molecule has 0 saturated carbocycles. The molecule has 19 heavy (non-hydrogen) atoms. The third kappa shape index (κ3) is 3.54. The molecule has 1 amide bonds. The van der Waals surface area contributed by atoms with Crippen LogP contribution in [0.2, 0.25) is 0 Å². The van der Waals surface area contributed by atoms with Crippen LogP contribution in [0.5, 0.6) is 0 Å². The lowest BCUT2D eigenvalue weighted by molar-refractivity contribution is 0.1000. The van der Waals surface area contributed by atoms with Crippen LogP contribution in [0.1, 0.15) is 21.6 Å². The van der Waals surface area contributed by atoms with Crippen molar-refractivity contribution in [1.29, 1.82) is 0 Å². The molecule has 0 unspecified atom stereocenters. The van der Waals surface area contributed by atoms with Crippen molar-refractivity contribution in [3.63, 3.8) is 0 Å². The second kappa shape index (κ2) is 5.84. The van der Waals surface area contributed by atoms with Gasteiger partial charge in [0.1, 0.15) is 4.60 Å². The average molecular weight is 320 g/mol. The maximum Gasteiger partial charge on any atom is 0.248 e. The van der Waals surface area contributed by atoms with E-state index in [0.29, 0.717) is 12.1 Å². The standard InChI is InChI=1S/C14H14BrN3O/c1-9-7-10(14(16)19)5-6-12(9)17-8-11-3-2-4-13(15)18-11/h2-7,17H,8H2,1H3,(H2,16,19). The van der Waals surface area contributed by atoms with Crippen LogP contribution in [0.15, 0.2) is 41.0 Å². The topological polar surface area (TPSA) is 68.0 Å². The average Bonchev–Trinajstić information content (AvgIpc) is 2.37. The molecule has 0 bridgehead atoms. The summed E-state index contributed by atoms with van der Waals surface area (Å²) in [4.78, 5) is 15.4. The van der Waals surface area contributed by atoms with Crippen LogP contribution in [-0.4, -0.2) is 10.9 Å². The summed E-state index contributed by atoms with van der Waals surface area (Å²) in [5, 5.41) is 3.29. The van der Waals surface area contributed by atoms with Gasteiger partial charge in [-0.3, -0.25) is 4.79 Å². The van der Waals surface area contributed by atoms with Crippen LogP contribution in [0.3, 0.4) is 0 Å². The van der Waals surface area contributed by atoms with Crippen LogP contribution in [0, 0.1) is 6.92 Å². The Bertz CT molecular complexity index is 613. The number of hydrogen-bond donors (Lipinski definition) is 2. The van der Waals surface area contributed by atoms with Crippen molar-refractivity contribution in [2.45, 2.75) is 13.5 Å². The summed E-state index contributed by atoms with van der Waals surface area (Å²) in [5.41, 5.74) is 8.64. The number of nitrogens with one attached hydrogen (secondary N) is 1. The number of carbonyl (C=O) groups excluding carboxylic acids is 1. The molecule has 0 spiro atoms. The molecule has 0 aliphatic heterocycles. The van der Waals surface area contributed by atoms with Crippen molar-refractivity contribution >= 4 is 27.5 Å². The van der Waals surface area contributed by atoms with E-state index in [1.54, 1.807) is 12.1 Å². The summed E-state index contributed by atoms with van der Waals surface area (Å²) in [5.74, 6) is -0.414. The molecular weight excluding hydrogens is 306 g/mol. The molecule has 98 valence electrons. The smallest absolute Gasteiger partial charge is 0.248 e. The van der Waals surface area contributed by atoms with Gasteiger partial charge in [-0.15, -0.1) is 0 Å². The van der Waals surface area contributed by atoms with Gasteiger partial charge in [0.25, 0.3) is 0 Å². The highest BCUT2D eigenvalue weighted by molar-refractivity contribution is 9.10. The lowest BCUT2D eigenvalue weighted by Crippen LogP contribution is -2.11. The summed E-state index contributed by atoms with van der Waals surface area (Å²) in [6, 6.07) is 11.1. The van der Waals surface area contributed by atoms with Crippen LogP contribution >= 0.6 is 15.9 Å². The van der Waals surface area contributed by atoms with Gasteiger partial charge in [0, 0.05) is 11.3 Å². The minimum Gasteiger partial charge on any atom is -0.379 e. The van der Waals surface area contributed by atoms with Crippen molar-refractivity contribution in [3.8, 4) is 0 Å². The Morgan fingerprint density at radius 3 is 2.79 bits per heavy atom. The van der Waals surface area contributed by atoms with Crippen LogP contribution in [0.25, 0.3) is 0 Å². The molecule has 1 aromatic heterocycles. The molecule has 3 N–H and O–H groups in total. The highest BCUT2D eigenvalue weighted by Crippen LogP contribution is 2.17. The van der Waals surface area contributed by atoms with E-state index >= 15 is 0 Å². The van der Waals surface area contributed by atoms with Crippen molar-refractivity contribution in [3.05, 3.63) is 57.8 Å². The van der Waals surface area contributed by atoms with Crippen molar-refractivity contribution in [2.75, 3.05) is 5.32 Å². The van der Waals surface area contributed by atoms with E-state index in [9.17, 15) is 4.79 Å². The molecule has 0 aliphatic carbocycles. The first-order valence-electron chi connectivity index (χ1n) is 5.82. The summed E-state index contributed by atoms with van der Waals surface area (Å²) in [6.45, 7) is 2.55. The number of carbonyl (C=O) groups is 1. The zero-order valence-electron chi connectivity index (χ0n) is 10.5. The first-order valence-corrected chi connectivity index (χ1v) is 6.61. The number of benzene rings is 1. The number of aromatic nitrogens is 1. The van der Waals surface area contributed by atoms with E-state index in [1.165, 1.54) is 0 Å².